The predicted molar refractivity (Wildman–Crippen MR) is 89.9 cm³/mol. The molecule has 0 aromatic carbocycles. The fourth-order valence-electron chi connectivity index (χ4n) is 3.68. The van der Waals surface area contributed by atoms with E-state index in [1.807, 2.05) is 6.20 Å². The van der Waals surface area contributed by atoms with Crippen molar-refractivity contribution < 1.29 is 0 Å². The van der Waals surface area contributed by atoms with Gasteiger partial charge in [-0.05, 0) is 56.7 Å². The zero-order valence-corrected chi connectivity index (χ0v) is 15.2. The Hall–Kier alpha value is -0.430. The van der Waals surface area contributed by atoms with Crippen LogP contribution in [0, 0.1) is 0 Å². The maximum absolute atomic E-state index is 6.02. The van der Waals surface area contributed by atoms with E-state index >= 15 is 0 Å². The first-order chi connectivity index (χ1) is 9.94. The quantitative estimate of drug-likeness (QED) is 0.628. The minimum absolute atomic E-state index is 0.0438. The molecule has 0 radical (unpaired) electrons. The third-order valence-electron chi connectivity index (χ3n) is 4.86. The molecule has 1 aromatic rings. The molecule has 0 spiro atoms. The van der Waals surface area contributed by atoms with Crippen molar-refractivity contribution in [3.63, 3.8) is 0 Å². The second-order valence-electron chi connectivity index (χ2n) is 6.57. The van der Waals surface area contributed by atoms with Crippen LogP contribution in [0.3, 0.4) is 0 Å². The summed E-state index contributed by atoms with van der Waals surface area (Å²) in [7, 11) is 4.33. The highest BCUT2D eigenvalue weighted by atomic mass is 79.9. The normalized spacial score (nSPS) is 20.2. The van der Waals surface area contributed by atoms with Crippen LogP contribution < -0.4 is 11.3 Å². The molecule has 3 N–H and O–H groups in total. The van der Waals surface area contributed by atoms with Crippen LogP contribution in [0.4, 0.5) is 0 Å². The fraction of sp³-hybridized carbons (Fsp3) is 0.800. The third kappa shape index (κ3) is 3.04. The van der Waals surface area contributed by atoms with Gasteiger partial charge in [0.05, 0.1) is 22.4 Å². The van der Waals surface area contributed by atoms with E-state index in [-0.39, 0.29) is 11.6 Å². The van der Waals surface area contributed by atoms with Gasteiger partial charge in [-0.2, -0.15) is 5.10 Å². The molecule has 2 rings (SSSR count). The number of nitrogens with one attached hydrogen (secondary N) is 1. The van der Waals surface area contributed by atoms with Gasteiger partial charge in [-0.15, -0.1) is 0 Å². The van der Waals surface area contributed by atoms with E-state index in [0.717, 1.165) is 23.0 Å². The van der Waals surface area contributed by atoms with Crippen molar-refractivity contribution in [2.45, 2.75) is 63.6 Å². The molecule has 1 unspecified atom stereocenters. The van der Waals surface area contributed by atoms with Crippen LogP contribution in [-0.4, -0.2) is 34.3 Å². The van der Waals surface area contributed by atoms with Crippen molar-refractivity contribution in [3.8, 4) is 0 Å². The molecule has 1 aliphatic rings. The maximum atomic E-state index is 6.02. The maximum Gasteiger partial charge on any atom is 0.0823 e. The highest BCUT2D eigenvalue weighted by Gasteiger charge is 2.44. The topological polar surface area (TPSA) is 59.1 Å². The van der Waals surface area contributed by atoms with Gasteiger partial charge in [0, 0.05) is 11.6 Å². The smallest absolute Gasteiger partial charge is 0.0823 e. The molecule has 1 atom stereocenters. The summed E-state index contributed by atoms with van der Waals surface area (Å²) in [6.07, 6.45) is 8.02. The summed E-state index contributed by atoms with van der Waals surface area (Å²) in [5, 5.41) is 4.53. The van der Waals surface area contributed by atoms with Gasteiger partial charge in [0.1, 0.15) is 0 Å². The van der Waals surface area contributed by atoms with Crippen molar-refractivity contribution >= 4 is 15.9 Å². The van der Waals surface area contributed by atoms with E-state index in [4.69, 9.17) is 5.84 Å². The Morgan fingerprint density at radius 3 is 2.43 bits per heavy atom. The molecule has 0 saturated heterocycles. The number of halogens is 1. The molecule has 1 saturated carbocycles. The van der Waals surface area contributed by atoms with Crippen LogP contribution in [0.1, 0.15) is 63.7 Å². The Labute approximate surface area is 136 Å². The third-order valence-corrected chi connectivity index (χ3v) is 5.47. The second-order valence-corrected chi connectivity index (χ2v) is 7.43. The summed E-state index contributed by atoms with van der Waals surface area (Å²) in [6, 6.07) is 0.372. The second kappa shape index (κ2) is 6.77. The predicted octanol–water partition coefficient (Wildman–Crippen LogP) is 3.00. The molecule has 5 nitrogen and oxygen atoms in total. The molecule has 0 aliphatic heterocycles. The zero-order chi connectivity index (χ0) is 15.6. The molecule has 0 bridgehead atoms. The summed E-state index contributed by atoms with van der Waals surface area (Å²) in [4.78, 5) is 2.35. The van der Waals surface area contributed by atoms with Gasteiger partial charge in [-0.3, -0.25) is 10.5 Å². The van der Waals surface area contributed by atoms with Gasteiger partial charge >= 0.3 is 0 Å². The van der Waals surface area contributed by atoms with E-state index in [1.54, 1.807) is 0 Å². The lowest BCUT2D eigenvalue weighted by Crippen LogP contribution is -2.57. The van der Waals surface area contributed by atoms with Crippen molar-refractivity contribution in [1.29, 1.82) is 0 Å². The van der Waals surface area contributed by atoms with Crippen LogP contribution in [0.5, 0.6) is 0 Å². The molecule has 120 valence electrons. The molecule has 21 heavy (non-hydrogen) atoms. The number of hydrogen-bond donors (Lipinski definition) is 2. The Morgan fingerprint density at radius 2 is 1.95 bits per heavy atom. The SMILES string of the molecule is CC(C)n1ncc(Br)c1C(NN)C1(N(C)C)CCCCC1. The van der Waals surface area contributed by atoms with Crippen molar-refractivity contribution in [3.05, 3.63) is 16.4 Å². The van der Waals surface area contributed by atoms with Gasteiger partial charge in [-0.25, -0.2) is 5.43 Å². The molecule has 1 aliphatic carbocycles. The van der Waals surface area contributed by atoms with Crippen LogP contribution in [0.15, 0.2) is 10.7 Å². The van der Waals surface area contributed by atoms with E-state index in [2.05, 4.69) is 64.0 Å². The number of hydrazine groups is 1. The van der Waals surface area contributed by atoms with Crippen LogP contribution >= 0.6 is 15.9 Å². The zero-order valence-electron chi connectivity index (χ0n) is 13.6. The summed E-state index contributed by atoms with van der Waals surface area (Å²) < 4.78 is 3.11. The summed E-state index contributed by atoms with van der Waals surface area (Å²) in [5.41, 5.74) is 4.30. The molecule has 1 aromatic heterocycles. The number of nitrogens with zero attached hydrogens (tertiary/aromatic N) is 3. The Balaban J connectivity index is 2.49. The lowest BCUT2D eigenvalue weighted by Gasteiger charge is -2.48. The van der Waals surface area contributed by atoms with E-state index in [9.17, 15) is 0 Å². The summed E-state index contributed by atoms with van der Waals surface area (Å²) >= 11 is 3.67. The first kappa shape index (κ1) is 16.9. The molecule has 6 heteroatoms. The van der Waals surface area contributed by atoms with E-state index in [1.165, 1.54) is 19.3 Å². The monoisotopic (exact) mass is 357 g/mol. The van der Waals surface area contributed by atoms with Crippen LogP contribution in [0.2, 0.25) is 0 Å². The van der Waals surface area contributed by atoms with Crippen LogP contribution in [0.25, 0.3) is 0 Å². The first-order valence-corrected chi connectivity index (χ1v) is 8.60. The molecule has 1 fully saturated rings. The van der Waals surface area contributed by atoms with E-state index < -0.39 is 0 Å². The number of aromatic nitrogens is 2. The minimum Gasteiger partial charge on any atom is -0.302 e. The minimum atomic E-state index is 0.0438. The Bertz CT molecular complexity index is 463. The average molecular weight is 358 g/mol. The lowest BCUT2D eigenvalue weighted by atomic mass is 9.74. The molecule has 0 amide bonds. The first-order valence-electron chi connectivity index (χ1n) is 7.80. The summed E-state index contributed by atoms with van der Waals surface area (Å²) in [6.45, 7) is 4.31. The lowest BCUT2D eigenvalue weighted by molar-refractivity contribution is 0.0522. The fourth-order valence-corrected chi connectivity index (χ4v) is 4.18. The van der Waals surface area contributed by atoms with E-state index in [0.29, 0.717) is 6.04 Å². The van der Waals surface area contributed by atoms with Crippen molar-refractivity contribution in [1.82, 2.24) is 20.1 Å². The van der Waals surface area contributed by atoms with Crippen molar-refractivity contribution in [2.75, 3.05) is 14.1 Å². The number of likely N-dealkylation sites (N-methyl/N-ethyl adjacent to an activating group) is 1. The van der Waals surface area contributed by atoms with Gasteiger partial charge in [0.25, 0.3) is 0 Å². The van der Waals surface area contributed by atoms with Gasteiger partial charge in [0.15, 0.2) is 0 Å². The highest BCUT2D eigenvalue weighted by Crippen LogP contribution is 2.43. The van der Waals surface area contributed by atoms with Crippen LogP contribution in [-0.2, 0) is 0 Å². The van der Waals surface area contributed by atoms with Crippen molar-refractivity contribution in [2.24, 2.45) is 5.84 Å². The largest absolute Gasteiger partial charge is 0.302 e. The number of nitrogens with two attached hydrogens (primary N) is 1. The molecular formula is C15H28BrN5. The summed E-state index contributed by atoms with van der Waals surface area (Å²) in [5.74, 6) is 6.02. The Morgan fingerprint density at radius 1 is 1.33 bits per heavy atom. The average Bonchev–Trinajstić information content (AvgIpc) is 2.83. The molecule has 1 heterocycles. The van der Waals surface area contributed by atoms with Gasteiger partial charge in [-0.1, -0.05) is 19.3 Å². The highest BCUT2D eigenvalue weighted by molar-refractivity contribution is 9.10. The standard InChI is InChI=1S/C15H28BrN5/c1-11(2)21-13(12(16)10-18-21)14(19-17)15(20(3)4)8-6-5-7-9-15/h10-11,14,19H,5-9,17H2,1-4H3. The Kier molecular flexibility index (Phi) is 5.46. The van der Waals surface area contributed by atoms with Gasteiger partial charge < -0.3 is 4.90 Å². The molecular weight excluding hydrogens is 330 g/mol. The number of hydrogen-bond acceptors (Lipinski definition) is 4. The van der Waals surface area contributed by atoms with Gasteiger partial charge in [0.2, 0.25) is 0 Å². The number of rotatable bonds is 5.